The van der Waals surface area contributed by atoms with E-state index >= 15 is 0 Å². The highest BCUT2D eigenvalue weighted by molar-refractivity contribution is 7.90. The van der Waals surface area contributed by atoms with Crippen LogP contribution in [0.5, 0.6) is 0 Å². The van der Waals surface area contributed by atoms with E-state index in [1.54, 1.807) is 30.4 Å². The highest BCUT2D eigenvalue weighted by Gasteiger charge is 2.32. The molecule has 0 unspecified atom stereocenters. The van der Waals surface area contributed by atoms with Gasteiger partial charge in [0.2, 0.25) is 0 Å². The van der Waals surface area contributed by atoms with Crippen molar-refractivity contribution in [1.29, 1.82) is 0 Å². The van der Waals surface area contributed by atoms with E-state index in [0.29, 0.717) is 22.3 Å². The maximum Gasteiger partial charge on any atom is 0.192 e. The molecular formula is C19H18FNO4S. The number of aliphatic hydroxyl groups is 2. The Labute approximate surface area is 151 Å². The third kappa shape index (κ3) is 3.46. The SMILES string of the molecule is CS(=O)(=O)c1ccc(C2=CC(CO)(CO)C=C2c2ccc(F)cc2)cn1. The quantitative estimate of drug-likeness (QED) is 0.835. The van der Waals surface area contributed by atoms with Gasteiger partial charge in [-0.15, -0.1) is 0 Å². The average molecular weight is 375 g/mol. The third-order valence-corrected chi connectivity index (χ3v) is 5.33. The van der Waals surface area contributed by atoms with Crippen molar-refractivity contribution >= 4 is 21.0 Å². The molecule has 0 atom stereocenters. The lowest BCUT2D eigenvalue weighted by Crippen LogP contribution is -2.23. The lowest BCUT2D eigenvalue weighted by atomic mass is 9.92. The Hall–Kier alpha value is -2.35. The fraction of sp³-hybridized carbons (Fsp3) is 0.211. The van der Waals surface area contributed by atoms with Crippen molar-refractivity contribution in [3.8, 4) is 0 Å². The standard InChI is InChI=1S/C19H18FNO4S/c1-26(24,25)18-7-4-14(10-21-18)17-9-19(11-22,12-23)8-16(17)13-2-5-15(20)6-3-13/h2-10,22-23H,11-12H2,1H3. The fourth-order valence-electron chi connectivity index (χ4n) is 2.87. The van der Waals surface area contributed by atoms with Gasteiger partial charge in [0.25, 0.3) is 0 Å². The summed E-state index contributed by atoms with van der Waals surface area (Å²) >= 11 is 0. The number of benzene rings is 1. The Morgan fingerprint density at radius 3 is 1.96 bits per heavy atom. The van der Waals surface area contributed by atoms with E-state index < -0.39 is 15.3 Å². The van der Waals surface area contributed by atoms with Crippen LogP contribution >= 0.6 is 0 Å². The lowest BCUT2D eigenvalue weighted by Gasteiger charge is -2.18. The van der Waals surface area contributed by atoms with Crippen molar-refractivity contribution in [3.63, 3.8) is 0 Å². The Balaban J connectivity index is 2.10. The van der Waals surface area contributed by atoms with E-state index in [-0.39, 0.29) is 24.1 Å². The predicted octanol–water partition coefficient (Wildman–Crippen LogP) is 2.08. The van der Waals surface area contributed by atoms with Crippen LogP contribution in [0, 0.1) is 11.2 Å². The van der Waals surface area contributed by atoms with E-state index in [1.165, 1.54) is 24.4 Å². The molecule has 0 saturated carbocycles. The van der Waals surface area contributed by atoms with Crippen LogP contribution in [0.25, 0.3) is 11.1 Å². The van der Waals surface area contributed by atoms with Crippen LogP contribution in [0.3, 0.4) is 0 Å². The number of halogens is 1. The summed E-state index contributed by atoms with van der Waals surface area (Å²) in [6, 6.07) is 8.91. The van der Waals surface area contributed by atoms with Crippen LogP contribution in [-0.2, 0) is 9.84 Å². The molecule has 3 rings (SSSR count). The summed E-state index contributed by atoms with van der Waals surface area (Å²) in [5.41, 5.74) is 1.80. The summed E-state index contributed by atoms with van der Waals surface area (Å²) in [5.74, 6) is -0.368. The van der Waals surface area contributed by atoms with Gasteiger partial charge in [0.1, 0.15) is 5.82 Å². The topological polar surface area (TPSA) is 87.5 Å². The average Bonchev–Trinajstić information content (AvgIpc) is 3.02. The maximum absolute atomic E-state index is 13.3. The molecule has 26 heavy (non-hydrogen) atoms. The van der Waals surface area contributed by atoms with Crippen molar-refractivity contribution < 1.29 is 23.0 Å². The first-order chi connectivity index (χ1) is 12.3. The number of aliphatic hydroxyl groups excluding tert-OH is 2. The summed E-state index contributed by atoms with van der Waals surface area (Å²) < 4.78 is 36.4. The van der Waals surface area contributed by atoms with Crippen molar-refractivity contribution in [2.75, 3.05) is 19.5 Å². The molecule has 0 spiro atoms. The van der Waals surface area contributed by atoms with E-state index in [0.717, 1.165) is 6.26 Å². The zero-order chi connectivity index (χ0) is 18.9. The first-order valence-corrected chi connectivity index (χ1v) is 9.77. The number of allylic oxidation sites excluding steroid dienone is 2. The van der Waals surface area contributed by atoms with Gasteiger partial charge in [0.05, 0.1) is 18.6 Å². The monoisotopic (exact) mass is 375 g/mol. The van der Waals surface area contributed by atoms with Crippen molar-refractivity contribution in [2.24, 2.45) is 5.41 Å². The second-order valence-electron chi connectivity index (χ2n) is 6.33. The Bertz CT molecular complexity index is 973. The highest BCUT2D eigenvalue weighted by atomic mass is 32.2. The molecule has 2 N–H and O–H groups in total. The van der Waals surface area contributed by atoms with Gasteiger partial charge in [0.15, 0.2) is 14.9 Å². The van der Waals surface area contributed by atoms with E-state index in [2.05, 4.69) is 4.98 Å². The number of hydrogen-bond donors (Lipinski definition) is 2. The molecular weight excluding hydrogens is 357 g/mol. The van der Waals surface area contributed by atoms with E-state index in [1.807, 2.05) is 0 Å². The number of aromatic nitrogens is 1. The Kier molecular flexibility index (Phi) is 4.79. The molecule has 5 nitrogen and oxygen atoms in total. The largest absolute Gasteiger partial charge is 0.395 e. The number of rotatable bonds is 5. The highest BCUT2D eigenvalue weighted by Crippen LogP contribution is 2.43. The van der Waals surface area contributed by atoms with Crippen molar-refractivity contribution in [1.82, 2.24) is 4.98 Å². The number of hydrogen-bond acceptors (Lipinski definition) is 5. The molecule has 1 heterocycles. The molecule has 0 amide bonds. The van der Waals surface area contributed by atoms with Crippen LogP contribution in [0.1, 0.15) is 11.1 Å². The Morgan fingerprint density at radius 2 is 1.50 bits per heavy atom. The maximum atomic E-state index is 13.3. The molecule has 1 aromatic heterocycles. The molecule has 0 bridgehead atoms. The van der Waals surface area contributed by atoms with Gasteiger partial charge < -0.3 is 10.2 Å². The molecule has 136 valence electrons. The van der Waals surface area contributed by atoms with Gasteiger partial charge >= 0.3 is 0 Å². The molecule has 1 aromatic carbocycles. The summed E-state index contributed by atoms with van der Waals surface area (Å²) in [7, 11) is -3.41. The minimum atomic E-state index is -3.41. The minimum absolute atomic E-state index is 0.0391. The van der Waals surface area contributed by atoms with Gasteiger partial charge in [-0.1, -0.05) is 24.3 Å². The summed E-state index contributed by atoms with van der Waals surface area (Å²) in [6.07, 6.45) is 5.98. The third-order valence-electron chi connectivity index (χ3n) is 4.32. The first kappa shape index (κ1) is 18.4. The second-order valence-corrected chi connectivity index (χ2v) is 8.29. The van der Waals surface area contributed by atoms with Gasteiger partial charge in [-0.3, -0.25) is 0 Å². The van der Waals surface area contributed by atoms with Crippen LogP contribution < -0.4 is 0 Å². The second kappa shape index (κ2) is 6.75. The summed E-state index contributed by atoms with van der Waals surface area (Å²) in [6.45, 7) is -0.598. The fourth-order valence-corrected chi connectivity index (χ4v) is 3.43. The summed E-state index contributed by atoms with van der Waals surface area (Å²) in [5, 5.41) is 19.4. The zero-order valence-electron chi connectivity index (χ0n) is 14.1. The van der Waals surface area contributed by atoms with E-state index in [9.17, 15) is 23.0 Å². The molecule has 0 aliphatic heterocycles. The summed E-state index contributed by atoms with van der Waals surface area (Å²) in [4.78, 5) is 4.00. The smallest absolute Gasteiger partial charge is 0.192 e. The van der Waals surface area contributed by atoms with Crippen LogP contribution in [-0.4, -0.2) is 43.1 Å². The normalized spacial score (nSPS) is 16.3. The minimum Gasteiger partial charge on any atom is -0.395 e. The lowest BCUT2D eigenvalue weighted by molar-refractivity contribution is 0.131. The Morgan fingerprint density at radius 1 is 0.962 bits per heavy atom. The molecule has 1 aliphatic rings. The van der Waals surface area contributed by atoms with Gasteiger partial charge in [-0.05, 0) is 41.0 Å². The van der Waals surface area contributed by atoms with Crippen molar-refractivity contribution in [3.05, 3.63) is 71.7 Å². The van der Waals surface area contributed by atoms with Gasteiger partial charge in [0, 0.05) is 18.0 Å². The number of pyridine rings is 1. The predicted molar refractivity (Wildman–Crippen MR) is 96.3 cm³/mol. The van der Waals surface area contributed by atoms with Crippen molar-refractivity contribution in [2.45, 2.75) is 5.03 Å². The molecule has 2 aromatic rings. The number of nitrogens with zero attached hydrogens (tertiary/aromatic N) is 1. The van der Waals surface area contributed by atoms with Crippen LogP contribution in [0.4, 0.5) is 4.39 Å². The van der Waals surface area contributed by atoms with Gasteiger partial charge in [-0.2, -0.15) is 0 Å². The molecule has 0 fully saturated rings. The molecule has 0 radical (unpaired) electrons. The molecule has 0 saturated heterocycles. The molecule has 1 aliphatic carbocycles. The van der Waals surface area contributed by atoms with Crippen LogP contribution in [0.15, 0.2) is 59.8 Å². The first-order valence-electron chi connectivity index (χ1n) is 7.88. The number of sulfone groups is 1. The van der Waals surface area contributed by atoms with Crippen LogP contribution in [0.2, 0.25) is 0 Å². The van der Waals surface area contributed by atoms with Gasteiger partial charge in [-0.25, -0.2) is 17.8 Å². The molecule has 7 heteroatoms. The van der Waals surface area contributed by atoms with E-state index in [4.69, 9.17) is 0 Å². The zero-order valence-corrected chi connectivity index (χ0v) is 14.9.